The van der Waals surface area contributed by atoms with E-state index in [1.165, 1.54) is 12.1 Å². The summed E-state index contributed by atoms with van der Waals surface area (Å²) in [4.78, 5) is 20.2. The molecule has 0 bridgehead atoms. The first-order valence-corrected chi connectivity index (χ1v) is 6.15. The number of nitrogens with zero attached hydrogens (tertiary/aromatic N) is 2. The molecule has 0 aliphatic heterocycles. The highest BCUT2D eigenvalue weighted by molar-refractivity contribution is 6.30. The van der Waals surface area contributed by atoms with Gasteiger partial charge in [-0.25, -0.2) is 0 Å². The van der Waals surface area contributed by atoms with E-state index in [0.29, 0.717) is 10.8 Å². The number of hydrogen-bond acceptors (Lipinski definition) is 5. The van der Waals surface area contributed by atoms with E-state index in [-0.39, 0.29) is 23.5 Å². The predicted molar refractivity (Wildman–Crippen MR) is 75.5 cm³/mol. The van der Waals surface area contributed by atoms with E-state index in [1.807, 2.05) is 0 Å². The molecule has 8 heteroatoms. The maximum absolute atomic E-state index is 11.0. The summed E-state index contributed by atoms with van der Waals surface area (Å²) >= 11 is 5.73. The van der Waals surface area contributed by atoms with Gasteiger partial charge >= 0.3 is 0 Å². The van der Waals surface area contributed by atoms with E-state index in [2.05, 4.69) is 0 Å². The van der Waals surface area contributed by atoms with Crippen LogP contribution in [0.3, 0.4) is 0 Å². The van der Waals surface area contributed by atoms with Crippen molar-refractivity contribution in [3.05, 3.63) is 73.3 Å². The van der Waals surface area contributed by atoms with Gasteiger partial charge in [-0.2, -0.15) is 0 Å². The lowest BCUT2D eigenvalue weighted by Crippen LogP contribution is -2.01. The molecule has 0 fully saturated rings. The van der Waals surface area contributed by atoms with Crippen LogP contribution in [-0.2, 0) is 6.61 Å². The monoisotopic (exact) mass is 308 g/mol. The molecule has 0 saturated heterocycles. The number of benzene rings is 2. The van der Waals surface area contributed by atoms with E-state index in [9.17, 15) is 20.2 Å². The molecule has 0 spiro atoms. The minimum absolute atomic E-state index is 0.0735. The average Bonchev–Trinajstić information content (AvgIpc) is 2.46. The van der Waals surface area contributed by atoms with Crippen LogP contribution in [0.2, 0.25) is 5.02 Å². The number of ether oxygens (including phenoxy) is 1. The number of hydrogen-bond donors (Lipinski definition) is 0. The highest BCUT2D eigenvalue weighted by Gasteiger charge is 2.19. The van der Waals surface area contributed by atoms with Gasteiger partial charge in [0, 0.05) is 11.1 Å². The zero-order valence-corrected chi connectivity index (χ0v) is 11.3. The topological polar surface area (TPSA) is 95.5 Å². The van der Waals surface area contributed by atoms with Gasteiger partial charge in [-0.05, 0) is 30.3 Å². The van der Waals surface area contributed by atoms with E-state index in [4.69, 9.17) is 16.3 Å². The van der Waals surface area contributed by atoms with Crippen LogP contribution in [0.5, 0.6) is 5.75 Å². The Hall–Kier alpha value is -2.67. The van der Waals surface area contributed by atoms with Gasteiger partial charge in [0.05, 0.1) is 21.5 Å². The van der Waals surface area contributed by atoms with E-state index < -0.39 is 9.85 Å². The molecule has 0 aromatic heterocycles. The molecule has 0 amide bonds. The van der Waals surface area contributed by atoms with Gasteiger partial charge in [0.1, 0.15) is 12.4 Å². The molecular weight excluding hydrogens is 300 g/mol. The van der Waals surface area contributed by atoms with Crippen molar-refractivity contribution in [2.45, 2.75) is 6.61 Å². The van der Waals surface area contributed by atoms with E-state index in [0.717, 1.165) is 6.07 Å². The van der Waals surface area contributed by atoms with Crippen LogP contribution in [0.25, 0.3) is 0 Å². The second-order valence-corrected chi connectivity index (χ2v) is 4.51. The Labute approximate surface area is 124 Å². The van der Waals surface area contributed by atoms with E-state index in [1.54, 1.807) is 24.3 Å². The molecule has 2 aromatic carbocycles. The predicted octanol–water partition coefficient (Wildman–Crippen LogP) is 3.74. The van der Waals surface area contributed by atoms with Crippen LogP contribution in [0.15, 0.2) is 42.5 Å². The second kappa shape index (κ2) is 6.19. The number of halogens is 1. The lowest BCUT2D eigenvalue weighted by molar-refractivity contribution is -0.394. The smallest absolute Gasteiger partial charge is 0.282 e. The normalized spacial score (nSPS) is 10.1. The fraction of sp³-hybridized carbons (Fsp3) is 0.0769. The van der Waals surface area contributed by atoms with Crippen molar-refractivity contribution in [3.8, 4) is 5.75 Å². The Kier molecular flexibility index (Phi) is 4.34. The van der Waals surface area contributed by atoms with Crippen molar-refractivity contribution in [2.75, 3.05) is 0 Å². The fourth-order valence-electron chi connectivity index (χ4n) is 1.65. The number of rotatable bonds is 5. The molecule has 0 atom stereocenters. The van der Waals surface area contributed by atoms with Crippen LogP contribution >= 0.6 is 11.6 Å². The van der Waals surface area contributed by atoms with Gasteiger partial charge in [-0.1, -0.05) is 11.6 Å². The average molecular weight is 309 g/mol. The molecule has 108 valence electrons. The highest BCUT2D eigenvalue weighted by Crippen LogP contribution is 2.26. The highest BCUT2D eigenvalue weighted by atomic mass is 35.5. The third-order valence-electron chi connectivity index (χ3n) is 2.68. The quantitative estimate of drug-likeness (QED) is 0.619. The van der Waals surface area contributed by atoms with E-state index >= 15 is 0 Å². The Morgan fingerprint density at radius 2 is 1.67 bits per heavy atom. The largest absolute Gasteiger partial charge is 0.489 e. The molecule has 2 rings (SSSR count). The molecular formula is C13H9ClN2O5. The standard InChI is InChI=1S/C13H9ClN2O5/c14-10-2-5-12(6-3-10)21-8-9-1-4-11(15(17)18)7-13(9)16(19)20/h1-7H,8H2. The summed E-state index contributed by atoms with van der Waals surface area (Å²) in [6.07, 6.45) is 0. The Balaban J connectivity index is 2.21. The fourth-order valence-corrected chi connectivity index (χ4v) is 1.78. The number of nitro benzene ring substituents is 2. The third kappa shape index (κ3) is 3.67. The maximum Gasteiger partial charge on any atom is 0.282 e. The van der Waals surface area contributed by atoms with Gasteiger partial charge in [-0.3, -0.25) is 20.2 Å². The molecule has 2 aromatic rings. The minimum Gasteiger partial charge on any atom is -0.489 e. The van der Waals surface area contributed by atoms with Gasteiger partial charge < -0.3 is 4.74 Å². The summed E-state index contributed by atoms with van der Waals surface area (Å²) in [5, 5.41) is 22.1. The maximum atomic E-state index is 11.0. The van der Waals surface area contributed by atoms with Crippen molar-refractivity contribution in [1.82, 2.24) is 0 Å². The molecule has 0 aliphatic carbocycles. The molecule has 0 unspecified atom stereocenters. The first-order chi connectivity index (χ1) is 9.97. The lowest BCUT2D eigenvalue weighted by Gasteiger charge is -2.06. The third-order valence-corrected chi connectivity index (χ3v) is 2.94. The minimum atomic E-state index is -0.684. The molecule has 0 saturated carbocycles. The van der Waals surface area contributed by atoms with Crippen LogP contribution in [0, 0.1) is 20.2 Å². The van der Waals surface area contributed by atoms with Crippen molar-refractivity contribution in [1.29, 1.82) is 0 Å². The summed E-state index contributed by atoms with van der Waals surface area (Å²) < 4.78 is 5.41. The zero-order valence-electron chi connectivity index (χ0n) is 10.6. The number of nitro groups is 2. The first-order valence-electron chi connectivity index (χ1n) is 5.77. The van der Waals surface area contributed by atoms with Gasteiger partial charge in [0.2, 0.25) is 0 Å². The van der Waals surface area contributed by atoms with Gasteiger partial charge in [-0.15, -0.1) is 0 Å². The molecule has 21 heavy (non-hydrogen) atoms. The Bertz CT molecular complexity index is 687. The van der Waals surface area contributed by atoms with Crippen LogP contribution < -0.4 is 4.74 Å². The van der Waals surface area contributed by atoms with Crippen LogP contribution in [-0.4, -0.2) is 9.85 Å². The van der Waals surface area contributed by atoms with Crippen molar-refractivity contribution in [3.63, 3.8) is 0 Å². The lowest BCUT2D eigenvalue weighted by atomic mass is 10.1. The first kappa shape index (κ1) is 14.7. The molecule has 0 radical (unpaired) electrons. The summed E-state index contributed by atoms with van der Waals surface area (Å²) in [6, 6.07) is 9.93. The van der Waals surface area contributed by atoms with Gasteiger partial charge in [0.15, 0.2) is 0 Å². The molecule has 0 N–H and O–H groups in total. The van der Waals surface area contributed by atoms with Crippen LogP contribution in [0.4, 0.5) is 11.4 Å². The van der Waals surface area contributed by atoms with Crippen molar-refractivity contribution < 1.29 is 14.6 Å². The van der Waals surface area contributed by atoms with Gasteiger partial charge in [0.25, 0.3) is 11.4 Å². The summed E-state index contributed by atoms with van der Waals surface area (Å²) in [5.41, 5.74) is -0.435. The molecule has 0 heterocycles. The van der Waals surface area contributed by atoms with Crippen molar-refractivity contribution >= 4 is 23.0 Å². The second-order valence-electron chi connectivity index (χ2n) is 4.07. The Morgan fingerprint density at radius 3 is 2.24 bits per heavy atom. The summed E-state index contributed by atoms with van der Waals surface area (Å²) in [6.45, 7) is -0.0735. The molecule has 7 nitrogen and oxygen atoms in total. The Morgan fingerprint density at radius 1 is 1.00 bits per heavy atom. The summed E-state index contributed by atoms with van der Waals surface area (Å²) in [5.74, 6) is 0.493. The zero-order chi connectivity index (χ0) is 15.4. The number of non-ortho nitro benzene ring substituents is 1. The summed E-state index contributed by atoms with van der Waals surface area (Å²) in [7, 11) is 0. The SMILES string of the molecule is O=[N+]([O-])c1ccc(COc2ccc(Cl)cc2)c([N+](=O)[O-])c1. The van der Waals surface area contributed by atoms with Crippen LogP contribution in [0.1, 0.15) is 5.56 Å². The molecule has 0 aliphatic rings. The van der Waals surface area contributed by atoms with Crippen molar-refractivity contribution in [2.24, 2.45) is 0 Å².